The van der Waals surface area contributed by atoms with E-state index in [4.69, 9.17) is 0 Å². The lowest BCUT2D eigenvalue weighted by Crippen LogP contribution is -2.53. The van der Waals surface area contributed by atoms with Crippen molar-refractivity contribution >= 4 is 5.91 Å². The number of hydrogen-bond donors (Lipinski definition) is 5. The van der Waals surface area contributed by atoms with Gasteiger partial charge in [-0.15, -0.1) is 0 Å². The molecule has 400 valence electrons. The third-order valence-corrected chi connectivity index (χ3v) is 14.0. The summed E-state index contributed by atoms with van der Waals surface area (Å²) in [4.78, 5) is 12.6. The molecule has 0 fully saturated rings. The van der Waals surface area contributed by atoms with Gasteiger partial charge in [0.15, 0.2) is 0 Å². The standard InChI is InChI=1S/C62H117NO5/c1-3-5-7-9-11-13-15-17-19-21-23-25-27-29-30-32-34-36-38-40-42-44-46-48-50-52-54-56-60(66)62(68)63-58(57-64)61(67)59(65)55-53-51-49-47-45-43-41-39-37-35-33-31-28-26-24-22-20-18-16-14-12-10-8-6-4-2/h29-31,33,39,41,47,49,58-61,64-67H,3-28,32,34-38,40,42-46,48,50-57H2,1-2H3,(H,63,68)/b30-29-,33-31+,41-39+,49-47+. The molecule has 0 saturated heterocycles. The molecule has 0 aliphatic carbocycles. The normalized spacial score (nSPS) is 14.0. The van der Waals surface area contributed by atoms with Crippen molar-refractivity contribution in [3.05, 3.63) is 48.6 Å². The van der Waals surface area contributed by atoms with Gasteiger partial charge in [-0.3, -0.25) is 4.79 Å². The number of rotatable bonds is 55. The molecule has 0 aliphatic rings. The van der Waals surface area contributed by atoms with Crippen LogP contribution in [0.4, 0.5) is 0 Å². The summed E-state index contributed by atoms with van der Waals surface area (Å²) in [5, 5.41) is 44.0. The zero-order valence-electron chi connectivity index (χ0n) is 45.4. The average Bonchev–Trinajstić information content (AvgIpc) is 3.34. The van der Waals surface area contributed by atoms with Crippen LogP contribution in [0.25, 0.3) is 0 Å². The Labute approximate surface area is 423 Å². The molecule has 1 amide bonds. The van der Waals surface area contributed by atoms with Crippen LogP contribution in [-0.2, 0) is 4.79 Å². The first kappa shape index (κ1) is 66.3. The lowest BCUT2D eigenvalue weighted by Gasteiger charge is -2.27. The summed E-state index contributed by atoms with van der Waals surface area (Å²) in [6.07, 6.45) is 71.9. The molecule has 4 atom stereocenters. The maximum atomic E-state index is 12.6. The Hall–Kier alpha value is -1.73. The van der Waals surface area contributed by atoms with E-state index in [1.54, 1.807) is 0 Å². The zero-order valence-corrected chi connectivity index (χ0v) is 45.4. The molecule has 68 heavy (non-hydrogen) atoms. The fraction of sp³-hybridized carbons (Fsp3) is 0.855. The Kier molecular flexibility index (Phi) is 54.8. The van der Waals surface area contributed by atoms with Crippen molar-refractivity contribution < 1.29 is 25.2 Å². The molecule has 0 aliphatic heterocycles. The monoisotopic (exact) mass is 956 g/mol. The number of unbranched alkanes of at least 4 members (excludes halogenated alkanes) is 38. The minimum absolute atomic E-state index is 0.357. The molecular formula is C62H117NO5. The molecule has 5 N–H and O–H groups in total. The number of amides is 1. The third-order valence-electron chi connectivity index (χ3n) is 14.0. The molecule has 6 heteroatoms. The quantitative estimate of drug-likeness (QED) is 0.0308. The molecule has 0 bridgehead atoms. The largest absolute Gasteiger partial charge is 0.394 e. The van der Waals surface area contributed by atoms with E-state index in [-0.39, 0.29) is 0 Å². The summed E-state index contributed by atoms with van der Waals surface area (Å²) in [7, 11) is 0. The van der Waals surface area contributed by atoms with Crippen LogP contribution in [0.3, 0.4) is 0 Å². The Morgan fingerprint density at radius 1 is 0.353 bits per heavy atom. The van der Waals surface area contributed by atoms with Crippen LogP contribution < -0.4 is 5.32 Å². The van der Waals surface area contributed by atoms with Crippen molar-refractivity contribution in [2.45, 2.75) is 334 Å². The Balaban J connectivity index is 3.69. The van der Waals surface area contributed by atoms with Gasteiger partial charge in [0, 0.05) is 0 Å². The molecule has 0 aromatic heterocycles. The summed E-state index contributed by atoms with van der Waals surface area (Å²) in [6, 6.07) is -1.01. The average molecular weight is 957 g/mol. The summed E-state index contributed by atoms with van der Waals surface area (Å²) in [5.41, 5.74) is 0. The second-order valence-electron chi connectivity index (χ2n) is 20.7. The van der Waals surface area contributed by atoms with E-state index >= 15 is 0 Å². The van der Waals surface area contributed by atoms with Crippen LogP contribution in [-0.4, -0.2) is 57.3 Å². The smallest absolute Gasteiger partial charge is 0.249 e. The summed E-state index contributed by atoms with van der Waals surface area (Å²) < 4.78 is 0. The third kappa shape index (κ3) is 49.3. The number of nitrogens with one attached hydrogen (secondary N) is 1. The fourth-order valence-corrected chi connectivity index (χ4v) is 9.26. The molecule has 0 radical (unpaired) electrons. The SMILES string of the molecule is CCCCCCCCCCCCCC/C=C\CCCCCCCCCCCCCC(O)C(=O)NC(CO)C(O)C(O)CCC/C=C/CC/C=C/CC/C=C/CCCCCCCCCCCCCC. The molecule has 4 unspecified atom stereocenters. The van der Waals surface area contributed by atoms with Crippen molar-refractivity contribution in [1.82, 2.24) is 5.32 Å². The van der Waals surface area contributed by atoms with Crippen LogP contribution in [0.5, 0.6) is 0 Å². The van der Waals surface area contributed by atoms with Crippen molar-refractivity contribution in [2.24, 2.45) is 0 Å². The first-order valence-corrected chi connectivity index (χ1v) is 30.0. The van der Waals surface area contributed by atoms with Gasteiger partial charge in [-0.25, -0.2) is 0 Å². The Morgan fingerprint density at radius 2 is 0.618 bits per heavy atom. The number of carbonyl (C=O) groups excluding carboxylic acids is 1. The van der Waals surface area contributed by atoms with Gasteiger partial charge in [-0.2, -0.15) is 0 Å². The number of allylic oxidation sites excluding steroid dienone is 8. The first-order valence-electron chi connectivity index (χ1n) is 30.0. The molecule has 0 rings (SSSR count). The Bertz CT molecular complexity index is 1120. The number of hydrogen-bond acceptors (Lipinski definition) is 5. The van der Waals surface area contributed by atoms with Gasteiger partial charge < -0.3 is 25.7 Å². The molecule has 0 aromatic carbocycles. The van der Waals surface area contributed by atoms with Crippen LogP contribution in [0.1, 0.15) is 309 Å². The van der Waals surface area contributed by atoms with E-state index in [1.807, 2.05) is 0 Å². The van der Waals surface area contributed by atoms with Gasteiger partial charge in [0.25, 0.3) is 0 Å². The van der Waals surface area contributed by atoms with Gasteiger partial charge in [-0.05, 0) is 89.9 Å². The van der Waals surface area contributed by atoms with Gasteiger partial charge in [0.2, 0.25) is 5.91 Å². The van der Waals surface area contributed by atoms with E-state index in [9.17, 15) is 25.2 Å². The van der Waals surface area contributed by atoms with Gasteiger partial charge in [-0.1, -0.05) is 268 Å². The zero-order chi connectivity index (χ0) is 49.5. The highest BCUT2D eigenvalue weighted by Gasteiger charge is 2.28. The van der Waals surface area contributed by atoms with Gasteiger partial charge >= 0.3 is 0 Å². The predicted molar refractivity (Wildman–Crippen MR) is 297 cm³/mol. The molecule has 0 aromatic rings. The van der Waals surface area contributed by atoms with E-state index in [0.717, 1.165) is 51.4 Å². The van der Waals surface area contributed by atoms with Gasteiger partial charge in [0.05, 0.1) is 18.8 Å². The lowest BCUT2D eigenvalue weighted by molar-refractivity contribution is -0.132. The summed E-state index contributed by atoms with van der Waals surface area (Å²) >= 11 is 0. The number of carbonyl (C=O) groups is 1. The van der Waals surface area contributed by atoms with Crippen LogP contribution >= 0.6 is 0 Å². The van der Waals surface area contributed by atoms with Crippen molar-refractivity contribution in [2.75, 3.05) is 6.61 Å². The second kappa shape index (κ2) is 56.2. The van der Waals surface area contributed by atoms with E-state index in [0.29, 0.717) is 19.3 Å². The molecular weight excluding hydrogens is 839 g/mol. The lowest BCUT2D eigenvalue weighted by atomic mass is 10.00. The van der Waals surface area contributed by atoms with Crippen molar-refractivity contribution in [3.63, 3.8) is 0 Å². The van der Waals surface area contributed by atoms with Gasteiger partial charge in [0.1, 0.15) is 12.2 Å². The van der Waals surface area contributed by atoms with Crippen LogP contribution in [0.15, 0.2) is 48.6 Å². The number of aliphatic hydroxyl groups is 4. The Morgan fingerprint density at radius 3 is 0.926 bits per heavy atom. The highest BCUT2D eigenvalue weighted by atomic mass is 16.3. The number of aliphatic hydroxyl groups excluding tert-OH is 4. The van der Waals surface area contributed by atoms with E-state index in [2.05, 4.69) is 67.8 Å². The predicted octanol–water partition coefficient (Wildman–Crippen LogP) is 17.8. The van der Waals surface area contributed by atoms with E-state index < -0.39 is 36.9 Å². The highest BCUT2D eigenvalue weighted by Crippen LogP contribution is 2.17. The molecule has 6 nitrogen and oxygen atoms in total. The molecule has 0 heterocycles. The van der Waals surface area contributed by atoms with Crippen molar-refractivity contribution in [1.29, 1.82) is 0 Å². The maximum absolute atomic E-state index is 12.6. The topological polar surface area (TPSA) is 110 Å². The van der Waals surface area contributed by atoms with E-state index in [1.165, 1.54) is 225 Å². The highest BCUT2D eigenvalue weighted by molar-refractivity contribution is 5.80. The second-order valence-corrected chi connectivity index (χ2v) is 20.7. The summed E-state index contributed by atoms with van der Waals surface area (Å²) in [5.74, 6) is -0.598. The molecule has 0 saturated carbocycles. The van der Waals surface area contributed by atoms with Crippen LogP contribution in [0, 0.1) is 0 Å². The minimum Gasteiger partial charge on any atom is -0.394 e. The maximum Gasteiger partial charge on any atom is 0.249 e. The molecule has 0 spiro atoms. The van der Waals surface area contributed by atoms with Crippen molar-refractivity contribution in [3.8, 4) is 0 Å². The summed E-state index contributed by atoms with van der Waals surface area (Å²) in [6.45, 7) is 4.07. The van der Waals surface area contributed by atoms with Crippen LogP contribution in [0.2, 0.25) is 0 Å². The minimum atomic E-state index is -1.30. The fourth-order valence-electron chi connectivity index (χ4n) is 9.26. The first-order chi connectivity index (χ1) is 33.5.